The highest BCUT2D eigenvalue weighted by Crippen LogP contribution is 2.37. The lowest BCUT2D eigenvalue weighted by Crippen LogP contribution is -2.32. The Morgan fingerprint density at radius 3 is 2.71 bits per heavy atom. The average Bonchev–Trinajstić information content (AvgIpc) is 2.80. The maximum Gasteiger partial charge on any atom is 0.0499 e. The summed E-state index contributed by atoms with van der Waals surface area (Å²) in [6.45, 7) is 2.18. The fourth-order valence-electron chi connectivity index (χ4n) is 2.49. The van der Waals surface area contributed by atoms with Crippen molar-refractivity contribution in [2.75, 3.05) is 0 Å². The molecule has 0 bridgehead atoms. The molecule has 1 aliphatic rings. The number of hydrogen-bond donors (Lipinski definition) is 2. The Hall–Kier alpha value is -0.380. The van der Waals surface area contributed by atoms with Crippen LogP contribution in [-0.4, -0.2) is 0 Å². The molecule has 1 unspecified atom stereocenters. The van der Waals surface area contributed by atoms with Gasteiger partial charge < -0.3 is 0 Å². The van der Waals surface area contributed by atoms with Crippen molar-refractivity contribution in [2.24, 2.45) is 11.8 Å². The first-order chi connectivity index (χ1) is 6.83. The van der Waals surface area contributed by atoms with Gasteiger partial charge in [0.15, 0.2) is 0 Å². The number of nitrogens with two attached hydrogens (primary N) is 1. The predicted molar refractivity (Wildman–Crippen MR) is 61.1 cm³/mol. The molecule has 0 aliphatic heterocycles. The maximum absolute atomic E-state index is 5.67. The Morgan fingerprint density at radius 2 is 2.21 bits per heavy atom. The van der Waals surface area contributed by atoms with Crippen molar-refractivity contribution in [1.29, 1.82) is 0 Å². The molecule has 3 heteroatoms. The minimum atomic E-state index is 0.378. The molecule has 1 atom stereocenters. The van der Waals surface area contributed by atoms with Gasteiger partial charge in [-0.3, -0.25) is 11.3 Å². The van der Waals surface area contributed by atoms with Crippen molar-refractivity contribution in [3.63, 3.8) is 0 Å². The second-order valence-corrected chi connectivity index (χ2v) is 5.24. The van der Waals surface area contributed by atoms with Crippen molar-refractivity contribution in [3.8, 4) is 0 Å². The molecule has 0 saturated heterocycles. The third-order valence-electron chi connectivity index (χ3n) is 3.28. The van der Waals surface area contributed by atoms with E-state index in [1.807, 2.05) is 11.3 Å². The molecular formula is C11H18N2S. The Balaban J connectivity index is 2.16. The van der Waals surface area contributed by atoms with Crippen LogP contribution in [0.2, 0.25) is 0 Å². The van der Waals surface area contributed by atoms with E-state index in [-0.39, 0.29) is 0 Å². The van der Waals surface area contributed by atoms with Crippen LogP contribution in [0.25, 0.3) is 0 Å². The number of hydrazine groups is 1. The minimum absolute atomic E-state index is 0.378. The highest BCUT2D eigenvalue weighted by Gasteiger charge is 2.26. The predicted octanol–water partition coefficient (Wildman–Crippen LogP) is 2.75. The highest BCUT2D eigenvalue weighted by molar-refractivity contribution is 7.10. The Labute approximate surface area is 89.5 Å². The molecule has 1 aliphatic carbocycles. The van der Waals surface area contributed by atoms with Gasteiger partial charge in [0.1, 0.15) is 0 Å². The molecule has 0 spiro atoms. The van der Waals surface area contributed by atoms with Crippen LogP contribution >= 0.6 is 11.3 Å². The largest absolute Gasteiger partial charge is 0.271 e. The summed E-state index contributed by atoms with van der Waals surface area (Å²) >= 11 is 1.81. The molecule has 2 nitrogen and oxygen atoms in total. The van der Waals surface area contributed by atoms with Crippen LogP contribution in [0, 0.1) is 12.8 Å². The Bertz CT molecular complexity index is 289. The lowest BCUT2D eigenvalue weighted by Gasteiger charge is -2.22. The van der Waals surface area contributed by atoms with Gasteiger partial charge in [-0.15, -0.1) is 11.3 Å². The molecule has 1 heterocycles. The van der Waals surface area contributed by atoms with Gasteiger partial charge in [-0.25, -0.2) is 0 Å². The molecule has 3 N–H and O–H groups in total. The van der Waals surface area contributed by atoms with Gasteiger partial charge in [0, 0.05) is 10.9 Å². The number of aryl methyl sites for hydroxylation is 1. The molecule has 78 valence electrons. The molecule has 0 aromatic carbocycles. The lowest BCUT2D eigenvalue weighted by atomic mass is 9.93. The van der Waals surface area contributed by atoms with E-state index in [1.54, 1.807) is 0 Å². The SMILES string of the molecule is Cc1sccc1C(NN)C1CCCC1. The maximum atomic E-state index is 5.67. The van der Waals surface area contributed by atoms with E-state index in [0.717, 1.165) is 5.92 Å². The first-order valence-electron chi connectivity index (χ1n) is 5.33. The van der Waals surface area contributed by atoms with Crippen LogP contribution in [0.3, 0.4) is 0 Å². The topological polar surface area (TPSA) is 38.0 Å². The van der Waals surface area contributed by atoms with Crippen molar-refractivity contribution in [3.05, 3.63) is 21.9 Å². The fourth-order valence-corrected chi connectivity index (χ4v) is 3.24. The molecule has 1 saturated carbocycles. The molecular weight excluding hydrogens is 192 g/mol. The first kappa shape index (κ1) is 10.1. The van der Waals surface area contributed by atoms with Gasteiger partial charge in [-0.1, -0.05) is 12.8 Å². The van der Waals surface area contributed by atoms with Crippen LogP contribution in [0.5, 0.6) is 0 Å². The molecule has 14 heavy (non-hydrogen) atoms. The number of hydrogen-bond acceptors (Lipinski definition) is 3. The van der Waals surface area contributed by atoms with E-state index < -0.39 is 0 Å². The summed E-state index contributed by atoms with van der Waals surface area (Å²) in [6, 6.07) is 2.59. The molecule has 1 aromatic rings. The quantitative estimate of drug-likeness (QED) is 0.594. The Morgan fingerprint density at radius 1 is 1.50 bits per heavy atom. The summed E-state index contributed by atoms with van der Waals surface area (Å²) < 4.78 is 0. The third-order valence-corrected chi connectivity index (χ3v) is 4.15. The summed E-state index contributed by atoms with van der Waals surface area (Å²) in [4.78, 5) is 1.40. The molecule has 1 fully saturated rings. The van der Waals surface area contributed by atoms with Gasteiger partial charge in [0.2, 0.25) is 0 Å². The summed E-state index contributed by atoms with van der Waals surface area (Å²) in [5, 5.41) is 2.16. The summed E-state index contributed by atoms with van der Waals surface area (Å²) in [6.07, 6.45) is 5.38. The van der Waals surface area contributed by atoms with E-state index in [9.17, 15) is 0 Å². The standard InChI is InChI=1S/C11H18N2S/c1-8-10(6-7-14-8)11(13-12)9-4-2-3-5-9/h6-7,9,11,13H,2-5,12H2,1H3. The second kappa shape index (κ2) is 4.43. The number of nitrogens with one attached hydrogen (secondary N) is 1. The van der Waals surface area contributed by atoms with Gasteiger partial charge in [-0.2, -0.15) is 0 Å². The van der Waals surface area contributed by atoms with Gasteiger partial charge in [-0.05, 0) is 42.7 Å². The molecule has 2 rings (SSSR count). The normalized spacial score (nSPS) is 20.1. The zero-order valence-electron chi connectivity index (χ0n) is 8.62. The second-order valence-electron chi connectivity index (χ2n) is 4.12. The van der Waals surface area contributed by atoms with E-state index in [4.69, 9.17) is 5.84 Å². The lowest BCUT2D eigenvalue weighted by molar-refractivity contribution is 0.373. The molecule has 1 aromatic heterocycles. The monoisotopic (exact) mass is 210 g/mol. The van der Waals surface area contributed by atoms with Gasteiger partial charge in [0.05, 0.1) is 0 Å². The van der Waals surface area contributed by atoms with E-state index in [1.165, 1.54) is 36.1 Å². The van der Waals surface area contributed by atoms with Crippen molar-refractivity contribution in [1.82, 2.24) is 5.43 Å². The van der Waals surface area contributed by atoms with Crippen LogP contribution in [-0.2, 0) is 0 Å². The van der Waals surface area contributed by atoms with Crippen molar-refractivity contribution >= 4 is 11.3 Å². The van der Waals surface area contributed by atoms with Crippen molar-refractivity contribution in [2.45, 2.75) is 38.6 Å². The van der Waals surface area contributed by atoms with E-state index >= 15 is 0 Å². The van der Waals surface area contributed by atoms with Crippen LogP contribution in [0.4, 0.5) is 0 Å². The fraction of sp³-hybridized carbons (Fsp3) is 0.636. The number of rotatable bonds is 3. The van der Waals surface area contributed by atoms with E-state index in [2.05, 4.69) is 23.8 Å². The zero-order valence-corrected chi connectivity index (χ0v) is 9.44. The highest BCUT2D eigenvalue weighted by atomic mass is 32.1. The van der Waals surface area contributed by atoms with Gasteiger partial charge >= 0.3 is 0 Å². The average molecular weight is 210 g/mol. The summed E-state index contributed by atoms with van der Waals surface area (Å²) in [5.74, 6) is 6.41. The zero-order chi connectivity index (χ0) is 9.97. The molecule has 0 radical (unpaired) electrons. The van der Waals surface area contributed by atoms with Gasteiger partial charge in [0.25, 0.3) is 0 Å². The van der Waals surface area contributed by atoms with Crippen LogP contribution < -0.4 is 11.3 Å². The smallest absolute Gasteiger partial charge is 0.0499 e. The first-order valence-corrected chi connectivity index (χ1v) is 6.21. The molecule has 0 amide bonds. The number of thiophene rings is 1. The van der Waals surface area contributed by atoms with Crippen LogP contribution in [0.1, 0.15) is 42.2 Å². The van der Waals surface area contributed by atoms with E-state index in [0.29, 0.717) is 6.04 Å². The van der Waals surface area contributed by atoms with Crippen LogP contribution in [0.15, 0.2) is 11.4 Å². The minimum Gasteiger partial charge on any atom is -0.271 e. The summed E-state index contributed by atoms with van der Waals surface area (Å²) in [7, 11) is 0. The third kappa shape index (κ3) is 1.85. The van der Waals surface area contributed by atoms with Crippen molar-refractivity contribution < 1.29 is 0 Å². The Kier molecular flexibility index (Phi) is 3.21. The summed E-state index contributed by atoms with van der Waals surface area (Å²) in [5.41, 5.74) is 4.40.